The highest BCUT2D eigenvalue weighted by Gasteiger charge is 2.32. The Morgan fingerprint density at radius 2 is 2.08 bits per heavy atom. The number of nitro groups is 1. The Morgan fingerprint density at radius 3 is 2.68 bits per heavy atom. The minimum Gasteiger partial charge on any atom is -0.264 e. The summed E-state index contributed by atoms with van der Waals surface area (Å²) >= 11 is 5.76. The van der Waals surface area contributed by atoms with Crippen molar-refractivity contribution in [3.8, 4) is 0 Å². The van der Waals surface area contributed by atoms with Crippen molar-refractivity contribution in [2.24, 2.45) is 0 Å². The number of rotatable bonds is 4. The van der Waals surface area contributed by atoms with Crippen LogP contribution in [0.5, 0.6) is 0 Å². The van der Waals surface area contributed by atoms with E-state index in [-0.39, 0.29) is 23.0 Å². The lowest BCUT2D eigenvalue weighted by molar-refractivity contribution is -0.387. The van der Waals surface area contributed by atoms with Crippen LogP contribution in [0.4, 0.5) is 5.69 Å². The molecule has 9 heteroatoms. The molecule has 0 radical (unpaired) electrons. The van der Waals surface area contributed by atoms with Crippen LogP contribution < -0.4 is 0 Å². The van der Waals surface area contributed by atoms with E-state index in [1.165, 1.54) is 16.4 Å². The molecule has 2 aromatic rings. The third kappa shape index (κ3) is 3.55. The first-order valence-electron chi connectivity index (χ1n) is 7.43. The van der Waals surface area contributed by atoms with E-state index >= 15 is 0 Å². The molecule has 1 aliphatic heterocycles. The fraction of sp³-hybridized carbons (Fsp3) is 0.188. The average molecular weight is 380 g/mol. The van der Waals surface area contributed by atoms with Crippen molar-refractivity contribution in [2.75, 3.05) is 13.1 Å². The van der Waals surface area contributed by atoms with Gasteiger partial charge in [0.1, 0.15) is 0 Å². The first-order valence-corrected chi connectivity index (χ1v) is 9.25. The highest BCUT2D eigenvalue weighted by atomic mass is 35.5. The summed E-state index contributed by atoms with van der Waals surface area (Å²) in [6.45, 7) is 0.384. The van der Waals surface area contributed by atoms with E-state index in [0.717, 1.165) is 17.2 Å². The monoisotopic (exact) mass is 379 g/mol. The van der Waals surface area contributed by atoms with Crippen LogP contribution in [0.15, 0.2) is 53.7 Å². The predicted octanol–water partition coefficient (Wildman–Crippen LogP) is 3.12. The fourth-order valence-electron chi connectivity index (χ4n) is 2.67. The summed E-state index contributed by atoms with van der Waals surface area (Å²) in [6.07, 6.45) is 5.70. The summed E-state index contributed by atoms with van der Waals surface area (Å²) in [5, 5.41) is 11.3. The Kier molecular flexibility index (Phi) is 4.85. The zero-order chi connectivity index (χ0) is 18.0. The topological polar surface area (TPSA) is 93.4 Å². The second-order valence-corrected chi connectivity index (χ2v) is 7.80. The van der Waals surface area contributed by atoms with Crippen LogP contribution in [-0.4, -0.2) is 35.7 Å². The van der Waals surface area contributed by atoms with Gasteiger partial charge < -0.3 is 0 Å². The third-order valence-corrected chi connectivity index (χ3v) is 6.09. The highest BCUT2D eigenvalue weighted by Crippen LogP contribution is 2.31. The van der Waals surface area contributed by atoms with Gasteiger partial charge in [-0.2, -0.15) is 4.31 Å². The Morgan fingerprint density at radius 1 is 1.28 bits per heavy atom. The molecule has 0 saturated heterocycles. The van der Waals surface area contributed by atoms with Gasteiger partial charge in [0.25, 0.3) is 5.69 Å². The molecule has 0 amide bonds. The summed E-state index contributed by atoms with van der Waals surface area (Å²) < 4.78 is 26.8. The second-order valence-electron chi connectivity index (χ2n) is 5.45. The molecule has 0 atom stereocenters. The molecule has 7 nitrogen and oxygen atoms in total. The number of halogens is 1. The van der Waals surface area contributed by atoms with Crippen molar-refractivity contribution in [3.05, 3.63) is 69.5 Å². The van der Waals surface area contributed by atoms with E-state index in [1.54, 1.807) is 18.5 Å². The maximum atomic E-state index is 12.8. The second kappa shape index (κ2) is 6.91. The van der Waals surface area contributed by atoms with E-state index in [9.17, 15) is 18.5 Å². The van der Waals surface area contributed by atoms with Crippen molar-refractivity contribution in [2.45, 2.75) is 11.3 Å². The molecule has 2 heterocycles. The summed E-state index contributed by atoms with van der Waals surface area (Å²) in [7, 11) is -3.99. The van der Waals surface area contributed by atoms with Gasteiger partial charge in [0.2, 0.25) is 10.0 Å². The molecule has 130 valence electrons. The molecular formula is C16H14ClN3O4S. The molecule has 0 unspecified atom stereocenters. The molecule has 3 rings (SSSR count). The number of hydrogen-bond donors (Lipinski definition) is 0. The highest BCUT2D eigenvalue weighted by molar-refractivity contribution is 7.89. The van der Waals surface area contributed by atoms with Crippen molar-refractivity contribution >= 4 is 32.9 Å². The molecule has 0 spiro atoms. The fourth-order valence-corrected chi connectivity index (χ4v) is 4.36. The van der Waals surface area contributed by atoms with Crippen LogP contribution in [0.3, 0.4) is 0 Å². The SMILES string of the molecule is O=[N+]([O-])c1cc(Cl)ccc1S(=O)(=O)N1CC=C(c2cccnc2)CC1. The number of aromatic nitrogens is 1. The predicted molar refractivity (Wildman–Crippen MR) is 93.7 cm³/mol. The molecule has 0 N–H and O–H groups in total. The minimum atomic E-state index is -3.99. The lowest BCUT2D eigenvalue weighted by Crippen LogP contribution is -2.35. The summed E-state index contributed by atoms with van der Waals surface area (Å²) in [6, 6.07) is 7.29. The van der Waals surface area contributed by atoms with Crippen LogP contribution in [0.2, 0.25) is 5.02 Å². The standard InChI is InChI=1S/C16H14ClN3O4S/c17-14-3-4-16(15(10-14)20(21)22)25(23,24)19-8-5-12(6-9-19)13-2-1-7-18-11-13/h1-5,7,10-11H,6,8-9H2. The molecule has 0 saturated carbocycles. The van der Waals surface area contributed by atoms with Gasteiger partial charge in [-0.05, 0) is 35.8 Å². The van der Waals surface area contributed by atoms with Crippen LogP contribution >= 0.6 is 11.6 Å². The van der Waals surface area contributed by atoms with Gasteiger partial charge in [-0.15, -0.1) is 0 Å². The van der Waals surface area contributed by atoms with Crippen LogP contribution in [-0.2, 0) is 10.0 Å². The number of sulfonamides is 1. The normalized spacial score (nSPS) is 15.6. The van der Waals surface area contributed by atoms with Gasteiger partial charge in [0.15, 0.2) is 4.90 Å². The maximum absolute atomic E-state index is 12.8. The largest absolute Gasteiger partial charge is 0.290 e. The quantitative estimate of drug-likeness (QED) is 0.601. The first-order chi connectivity index (χ1) is 11.9. The molecule has 0 aliphatic carbocycles. The van der Waals surface area contributed by atoms with E-state index in [0.29, 0.717) is 6.42 Å². The Balaban J connectivity index is 1.91. The van der Waals surface area contributed by atoms with Crippen molar-refractivity contribution in [3.63, 3.8) is 0 Å². The van der Waals surface area contributed by atoms with Crippen LogP contribution in [0.25, 0.3) is 5.57 Å². The van der Waals surface area contributed by atoms with Gasteiger partial charge >= 0.3 is 0 Å². The Hall–Kier alpha value is -2.29. The summed E-state index contributed by atoms with van der Waals surface area (Å²) in [5.74, 6) is 0. The molecule has 1 aromatic carbocycles. The van der Waals surface area contributed by atoms with Crippen molar-refractivity contribution in [1.29, 1.82) is 0 Å². The molecule has 0 fully saturated rings. The number of nitrogens with zero attached hydrogens (tertiary/aromatic N) is 3. The Labute approximate surface area is 149 Å². The van der Waals surface area contributed by atoms with E-state index in [1.807, 2.05) is 12.1 Å². The van der Waals surface area contributed by atoms with Gasteiger partial charge in [-0.1, -0.05) is 23.7 Å². The van der Waals surface area contributed by atoms with Crippen molar-refractivity contribution < 1.29 is 13.3 Å². The van der Waals surface area contributed by atoms with E-state index in [4.69, 9.17) is 11.6 Å². The lowest BCUT2D eigenvalue weighted by atomic mass is 10.0. The number of hydrogen-bond acceptors (Lipinski definition) is 5. The van der Waals surface area contributed by atoms with Gasteiger partial charge in [-0.25, -0.2) is 8.42 Å². The summed E-state index contributed by atoms with van der Waals surface area (Å²) in [5.41, 5.74) is 1.43. The van der Waals surface area contributed by atoms with E-state index in [2.05, 4.69) is 4.98 Å². The number of nitro benzene ring substituents is 1. The minimum absolute atomic E-state index is 0.114. The molecule has 25 heavy (non-hydrogen) atoms. The molecule has 1 aliphatic rings. The third-order valence-electron chi connectivity index (χ3n) is 3.94. The molecule has 0 bridgehead atoms. The smallest absolute Gasteiger partial charge is 0.264 e. The molecular weight excluding hydrogens is 366 g/mol. The lowest BCUT2D eigenvalue weighted by Gasteiger charge is -2.25. The average Bonchev–Trinajstić information content (AvgIpc) is 2.62. The van der Waals surface area contributed by atoms with Gasteiger partial charge in [-0.3, -0.25) is 15.1 Å². The maximum Gasteiger partial charge on any atom is 0.290 e. The van der Waals surface area contributed by atoms with Gasteiger partial charge in [0, 0.05) is 36.6 Å². The van der Waals surface area contributed by atoms with Crippen molar-refractivity contribution in [1.82, 2.24) is 9.29 Å². The van der Waals surface area contributed by atoms with E-state index < -0.39 is 20.6 Å². The number of pyridine rings is 1. The first kappa shape index (κ1) is 17.5. The van der Waals surface area contributed by atoms with Gasteiger partial charge in [0.05, 0.1) is 4.92 Å². The summed E-state index contributed by atoms with van der Waals surface area (Å²) in [4.78, 5) is 14.2. The zero-order valence-corrected chi connectivity index (χ0v) is 14.6. The van der Waals surface area contributed by atoms with Crippen LogP contribution in [0.1, 0.15) is 12.0 Å². The zero-order valence-electron chi connectivity index (χ0n) is 13.0. The number of benzene rings is 1. The molecule has 1 aromatic heterocycles. The Bertz CT molecular complexity index is 945. The van der Waals surface area contributed by atoms with Crippen LogP contribution in [0, 0.1) is 10.1 Å².